The number of anilines is 1. The molecule has 2 aliphatic rings. The number of rotatable bonds is 4. The zero-order valence-electron chi connectivity index (χ0n) is 14.3. The van der Waals surface area contributed by atoms with Crippen molar-refractivity contribution < 1.29 is 23.4 Å². The second-order valence-corrected chi connectivity index (χ2v) is 9.10. The fourth-order valence-corrected chi connectivity index (χ4v) is 5.36. The Labute approximate surface area is 164 Å². The van der Waals surface area contributed by atoms with Crippen molar-refractivity contribution in [1.82, 2.24) is 14.6 Å². The third-order valence-electron chi connectivity index (χ3n) is 4.56. The lowest BCUT2D eigenvalue weighted by molar-refractivity contribution is -0.0709. The first kappa shape index (κ1) is 19.2. The Bertz CT molecular complexity index is 1050. The van der Waals surface area contributed by atoms with Crippen LogP contribution in [0.15, 0.2) is 18.5 Å². The van der Waals surface area contributed by atoms with E-state index in [-0.39, 0.29) is 31.3 Å². The molecule has 2 aromatic rings. The number of fused-ring (bicyclic) bond motifs is 2. The van der Waals surface area contributed by atoms with E-state index in [0.29, 0.717) is 5.52 Å². The highest BCUT2D eigenvalue weighted by Gasteiger charge is 2.61. The van der Waals surface area contributed by atoms with E-state index in [1.54, 1.807) is 12.1 Å². The summed E-state index contributed by atoms with van der Waals surface area (Å²) < 4.78 is 24.0. The van der Waals surface area contributed by atoms with Gasteiger partial charge in [0.05, 0.1) is 12.3 Å². The lowest BCUT2D eigenvalue weighted by Gasteiger charge is -2.33. The molecule has 1 unspecified atom stereocenters. The second-order valence-electron chi connectivity index (χ2n) is 6.14. The summed E-state index contributed by atoms with van der Waals surface area (Å²) in [7, 11) is 0. The summed E-state index contributed by atoms with van der Waals surface area (Å²) in [6, 6.07) is 5.27. The van der Waals surface area contributed by atoms with E-state index in [4.69, 9.17) is 42.4 Å². The zero-order chi connectivity index (χ0) is 19.9. The Hall–Kier alpha value is -2.15. The van der Waals surface area contributed by atoms with Gasteiger partial charge in [-0.05, 0) is 23.9 Å². The molecule has 2 aromatic heterocycles. The van der Waals surface area contributed by atoms with E-state index < -0.39 is 30.6 Å². The van der Waals surface area contributed by atoms with Crippen molar-refractivity contribution in [3.8, 4) is 6.07 Å². The van der Waals surface area contributed by atoms with Crippen LogP contribution in [0.3, 0.4) is 0 Å². The van der Waals surface area contributed by atoms with Crippen molar-refractivity contribution in [3.63, 3.8) is 0 Å². The number of aromatic nitrogens is 3. The van der Waals surface area contributed by atoms with Crippen LogP contribution >= 0.6 is 6.72 Å². The van der Waals surface area contributed by atoms with Gasteiger partial charge in [0.2, 0.25) is 12.1 Å². The van der Waals surface area contributed by atoms with Gasteiger partial charge in [-0.2, -0.15) is 10.4 Å². The zero-order valence-corrected chi connectivity index (χ0v) is 16.0. The van der Waals surface area contributed by atoms with Gasteiger partial charge < -0.3 is 29.5 Å². The first-order valence-electron chi connectivity index (χ1n) is 8.20. The summed E-state index contributed by atoms with van der Waals surface area (Å²) in [5.74, 6) is 0.225. The molecule has 0 bridgehead atoms. The molecule has 0 aliphatic carbocycles. The van der Waals surface area contributed by atoms with Gasteiger partial charge in [0.15, 0.2) is 5.82 Å². The molecule has 0 spiro atoms. The van der Waals surface area contributed by atoms with Crippen LogP contribution in [0.25, 0.3) is 10.4 Å². The molecule has 4 heterocycles. The molecule has 2 saturated heterocycles. The molecule has 0 saturated carbocycles. The summed E-state index contributed by atoms with van der Waals surface area (Å²) in [6.45, 7) is 3.78. The van der Waals surface area contributed by atoms with Gasteiger partial charge in [-0.25, -0.2) is 16.1 Å². The fourth-order valence-electron chi connectivity index (χ4n) is 3.27. The molecule has 4 rings (SSSR count). The Morgan fingerprint density at radius 2 is 2.43 bits per heavy atom. The monoisotopic (exact) mass is 422 g/mol. The first-order chi connectivity index (χ1) is 13.4. The lowest BCUT2D eigenvalue weighted by atomic mass is 9.92. The molecular formula is C15H15N6O5PS. The average molecular weight is 422 g/mol. The van der Waals surface area contributed by atoms with Crippen LogP contribution in [-0.4, -0.2) is 57.8 Å². The number of aliphatic hydroxyl groups is 1. The van der Waals surface area contributed by atoms with Crippen molar-refractivity contribution in [2.45, 2.75) is 23.9 Å². The smallest absolute Gasteiger partial charge is 0.327 e. The van der Waals surface area contributed by atoms with Crippen LogP contribution in [0, 0.1) is 17.9 Å². The SMILES string of the molecule is [C-]#[N+]CCOP1(=S)OC[C@H]2O[C@@](C#N)(c3ccc4c(N)ncnn34)[C@H](O)[C@@H]2O1. The Morgan fingerprint density at radius 3 is 3.18 bits per heavy atom. The molecule has 0 amide bonds. The Balaban J connectivity index is 1.68. The molecular weight excluding hydrogens is 407 g/mol. The number of nitriles is 1. The number of hydrogen-bond donors (Lipinski definition) is 2. The van der Waals surface area contributed by atoms with Gasteiger partial charge >= 0.3 is 6.72 Å². The van der Waals surface area contributed by atoms with E-state index in [9.17, 15) is 10.4 Å². The maximum absolute atomic E-state index is 11.0. The summed E-state index contributed by atoms with van der Waals surface area (Å²) in [5.41, 5.74) is 4.84. The lowest BCUT2D eigenvalue weighted by Crippen LogP contribution is -2.43. The van der Waals surface area contributed by atoms with Crippen LogP contribution in [0.4, 0.5) is 5.82 Å². The summed E-state index contributed by atoms with van der Waals surface area (Å²) >= 11 is 5.30. The van der Waals surface area contributed by atoms with Gasteiger partial charge in [0.1, 0.15) is 42.8 Å². The van der Waals surface area contributed by atoms with Gasteiger partial charge in [0, 0.05) is 0 Å². The predicted molar refractivity (Wildman–Crippen MR) is 98.1 cm³/mol. The van der Waals surface area contributed by atoms with Crippen molar-refractivity contribution >= 4 is 29.9 Å². The minimum Gasteiger partial charge on any atom is -0.386 e. The Morgan fingerprint density at radius 1 is 1.61 bits per heavy atom. The van der Waals surface area contributed by atoms with E-state index in [1.807, 2.05) is 6.07 Å². The van der Waals surface area contributed by atoms with Crippen molar-refractivity contribution in [3.05, 3.63) is 35.6 Å². The highest BCUT2D eigenvalue weighted by atomic mass is 32.5. The normalized spacial score (nSPS) is 34.6. The summed E-state index contributed by atoms with van der Waals surface area (Å²) in [6.07, 6.45) is -1.81. The van der Waals surface area contributed by atoms with Gasteiger partial charge in [-0.3, -0.25) is 4.52 Å². The molecule has 2 fully saturated rings. The predicted octanol–water partition coefficient (Wildman–Crippen LogP) is 0.366. The first-order valence-corrected chi connectivity index (χ1v) is 10.8. The van der Waals surface area contributed by atoms with Crippen molar-refractivity contribution in [2.75, 3.05) is 25.5 Å². The van der Waals surface area contributed by atoms with Crippen LogP contribution in [0.1, 0.15) is 5.69 Å². The quantitative estimate of drug-likeness (QED) is 0.403. The van der Waals surface area contributed by atoms with Crippen LogP contribution < -0.4 is 5.73 Å². The highest BCUT2D eigenvalue weighted by Crippen LogP contribution is 2.58. The molecule has 146 valence electrons. The summed E-state index contributed by atoms with van der Waals surface area (Å²) in [5, 5.41) is 25.0. The van der Waals surface area contributed by atoms with Crippen LogP contribution in [0.2, 0.25) is 0 Å². The molecule has 28 heavy (non-hydrogen) atoms. The Kier molecular flexibility index (Phi) is 4.81. The third kappa shape index (κ3) is 2.87. The number of nitrogens with two attached hydrogens (primary N) is 1. The topological polar surface area (TPSA) is 142 Å². The van der Waals surface area contributed by atoms with Gasteiger partial charge in [0.25, 0.3) is 0 Å². The molecule has 5 atom stereocenters. The van der Waals surface area contributed by atoms with E-state index in [2.05, 4.69) is 14.9 Å². The molecule has 11 nitrogen and oxygen atoms in total. The number of ether oxygens (including phenoxy) is 1. The van der Waals surface area contributed by atoms with Gasteiger partial charge in [-0.15, -0.1) is 0 Å². The molecule has 13 heteroatoms. The van der Waals surface area contributed by atoms with Crippen LogP contribution in [-0.2, 0) is 35.7 Å². The van der Waals surface area contributed by atoms with E-state index in [1.165, 1.54) is 10.8 Å². The maximum atomic E-state index is 11.0. The summed E-state index contributed by atoms with van der Waals surface area (Å²) in [4.78, 5) is 7.09. The molecule has 2 aliphatic heterocycles. The minimum atomic E-state index is -3.16. The fraction of sp³-hybridized carbons (Fsp3) is 0.467. The van der Waals surface area contributed by atoms with Crippen molar-refractivity contribution in [1.29, 1.82) is 5.26 Å². The van der Waals surface area contributed by atoms with Gasteiger partial charge in [-0.1, -0.05) is 0 Å². The largest absolute Gasteiger partial charge is 0.386 e. The molecule has 3 N–H and O–H groups in total. The van der Waals surface area contributed by atoms with E-state index >= 15 is 0 Å². The number of nitrogen functional groups attached to an aromatic ring is 1. The highest BCUT2D eigenvalue weighted by molar-refractivity contribution is 8.07. The average Bonchev–Trinajstić information content (AvgIpc) is 3.23. The minimum absolute atomic E-state index is 0.0130. The maximum Gasteiger partial charge on any atom is 0.327 e. The van der Waals surface area contributed by atoms with Crippen LogP contribution in [0.5, 0.6) is 0 Å². The number of hydrogen-bond acceptors (Lipinski definition) is 10. The van der Waals surface area contributed by atoms with E-state index in [0.717, 1.165) is 0 Å². The standard InChI is InChI=1S/C15H15N6O5PS/c1-18-4-5-23-27(28)24-6-10-12(26-27)13(22)15(7-16,25-10)11-3-2-9-14(17)19-8-20-21(9)11/h2-3,8,10,12-13,22H,4-6H2,(H2,17,19,20)/t10-,12-,13-,15+,27?/m1/s1. The number of aliphatic hydroxyl groups excluding tert-OH is 1. The second kappa shape index (κ2) is 7.03. The molecule has 0 radical (unpaired) electrons. The van der Waals surface area contributed by atoms with Crippen molar-refractivity contribution in [2.24, 2.45) is 0 Å². The molecule has 0 aromatic carbocycles. The third-order valence-corrected chi connectivity index (χ3v) is 6.92. The number of nitrogens with zero attached hydrogens (tertiary/aromatic N) is 5.